The van der Waals surface area contributed by atoms with Gasteiger partial charge in [0.1, 0.15) is 10.6 Å². The fourth-order valence-electron chi connectivity index (χ4n) is 6.07. The highest BCUT2D eigenvalue weighted by Crippen LogP contribution is 2.32. The van der Waals surface area contributed by atoms with Crippen LogP contribution in [0.4, 0.5) is 0 Å². The quantitative estimate of drug-likeness (QED) is 0.288. The number of hydrogen-bond acceptors (Lipinski definition) is 5. The molecule has 208 valence electrons. The van der Waals surface area contributed by atoms with Gasteiger partial charge >= 0.3 is 0 Å². The summed E-state index contributed by atoms with van der Waals surface area (Å²) in [5.74, 6) is 0.834. The summed E-state index contributed by atoms with van der Waals surface area (Å²) in [6.45, 7) is 12.0. The first-order valence-corrected chi connectivity index (χ1v) is 15.5. The summed E-state index contributed by atoms with van der Waals surface area (Å²) < 4.78 is 5.65. The monoisotopic (exact) mass is 585 g/mol. The van der Waals surface area contributed by atoms with Crippen LogP contribution >= 0.6 is 34.5 Å². The van der Waals surface area contributed by atoms with E-state index in [1.54, 1.807) is 6.07 Å². The van der Waals surface area contributed by atoms with Crippen LogP contribution in [0.15, 0.2) is 53.9 Å². The van der Waals surface area contributed by atoms with Crippen molar-refractivity contribution >= 4 is 40.4 Å². The Bertz CT molecular complexity index is 1250. The zero-order valence-electron chi connectivity index (χ0n) is 22.9. The van der Waals surface area contributed by atoms with Crippen LogP contribution in [0.2, 0.25) is 10.0 Å². The van der Waals surface area contributed by atoms with Crippen molar-refractivity contribution in [3.8, 4) is 16.9 Å². The summed E-state index contributed by atoms with van der Waals surface area (Å²) in [6.07, 6.45) is 2.05. The molecular weight excluding hydrogens is 549 g/mol. The minimum absolute atomic E-state index is 0.114. The SMILES string of the molecule is CCOc1ccsc1C(=O)N1CCC(N2CCN([C@@H](C)c3ccc(-c4cc(Cl)cc(Cl)c4)cc3)[C@H](C)C2)CC1. The Morgan fingerprint density at radius 2 is 1.69 bits per heavy atom. The van der Waals surface area contributed by atoms with E-state index in [4.69, 9.17) is 27.9 Å². The Morgan fingerprint density at radius 1 is 1.00 bits per heavy atom. The molecular formula is C31H37Cl2N3O2S. The molecule has 3 aromatic rings. The summed E-state index contributed by atoms with van der Waals surface area (Å²) in [5.41, 5.74) is 3.47. The molecule has 8 heteroatoms. The van der Waals surface area contributed by atoms with Crippen LogP contribution in [-0.2, 0) is 0 Å². The highest BCUT2D eigenvalue weighted by Gasteiger charge is 2.34. The highest BCUT2D eigenvalue weighted by molar-refractivity contribution is 7.12. The van der Waals surface area contributed by atoms with Gasteiger partial charge in [0, 0.05) is 60.9 Å². The van der Waals surface area contributed by atoms with Gasteiger partial charge in [-0.15, -0.1) is 11.3 Å². The van der Waals surface area contributed by atoms with Gasteiger partial charge in [-0.1, -0.05) is 47.5 Å². The van der Waals surface area contributed by atoms with Gasteiger partial charge in [-0.05, 0) is 79.9 Å². The maximum absolute atomic E-state index is 13.1. The lowest BCUT2D eigenvalue weighted by Crippen LogP contribution is -2.57. The summed E-state index contributed by atoms with van der Waals surface area (Å²) >= 11 is 13.9. The van der Waals surface area contributed by atoms with Crippen LogP contribution in [-0.4, -0.2) is 72.0 Å². The summed E-state index contributed by atoms with van der Waals surface area (Å²) in [4.78, 5) is 21.1. The number of carbonyl (C=O) groups is 1. The van der Waals surface area contributed by atoms with Crippen molar-refractivity contribution in [3.63, 3.8) is 0 Å². The van der Waals surface area contributed by atoms with E-state index < -0.39 is 0 Å². The average molecular weight is 587 g/mol. The Labute approximate surface area is 246 Å². The summed E-state index contributed by atoms with van der Waals surface area (Å²) in [5, 5.41) is 3.24. The third-order valence-corrected chi connectivity index (χ3v) is 9.51. The molecule has 1 amide bonds. The van der Waals surface area contributed by atoms with Crippen LogP contribution < -0.4 is 4.74 Å². The second-order valence-corrected chi connectivity index (χ2v) is 12.4. The summed E-state index contributed by atoms with van der Waals surface area (Å²) in [6, 6.07) is 17.7. The lowest BCUT2D eigenvalue weighted by atomic mass is 9.97. The fourth-order valence-corrected chi connectivity index (χ4v) is 7.40. The van der Waals surface area contributed by atoms with Crippen LogP contribution in [0.5, 0.6) is 5.75 Å². The van der Waals surface area contributed by atoms with Crippen LogP contribution in [0.3, 0.4) is 0 Å². The van der Waals surface area contributed by atoms with Crippen molar-refractivity contribution in [3.05, 3.63) is 74.4 Å². The number of nitrogens with zero attached hydrogens (tertiary/aromatic N) is 3. The normalized spacial score (nSPS) is 20.2. The van der Waals surface area contributed by atoms with Gasteiger partial charge in [-0.3, -0.25) is 14.6 Å². The van der Waals surface area contributed by atoms with Gasteiger partial charge in [0.25, 0.3) is 5.91 Å². The van der Waals surface area contributed by atoms with E-state index in [1.807, 2.05) is 35.4 Å². The number of ether oxygens (including phenoxy) is 1. The average Bonchev–Trinajstić information content (AvgIpc) is 3.40. The first-order valence-electron chi connectivity index (χ1n) is 13.9. The third kappa shape index (κ3) is 6.47. The molecule has 0 unspecified atom stereocenters. The van der Waals surface area contributed by atoms with Crippen molar-refractivity contribution in [1.82, 2.24) is 14.7 Å². The molecule has 5 rings (SSSR count). The number of benzene rings is 2. The molecule has 2 saturated heterocycles. The molecule has 2 fully saturated rings. The molecule has 0 saturated carbocycles. The maximum Gasteiger partial charge on any atom is 0.267 e. The Kier molecular flexibility index (Phi) is 9.20. The van der Waals surface area contributed by atoms with Gasteiger partial charge in [-0.25, -0.2) is 0 Å². The van der Waals surface area contributed by atoms with Gasteiger partial charge < -0.3 is 9.64 Å². The Hall–Kier alpha value is -2.09. The van der Waals surface area contributed by atoms with E-state index >= 15 is 0 Å². The number of likely N-dealkylation sites (tertiary alicyclic amines) is 1. The molecule has 0 radical (unpaired) electrons. The minimum Gasteiger partial charge on any atom is -0.492 e. The molecule has 3 heterocycles. The van der Waals surface area contributed by atoms with E-state index in [9.17, 15) is 4.79 Å². The van der Waals surface area contributed by atoms with Crippen molar-refractivity contribution in [1.29, 1.82) is 0 Å². The van der Waals surface area contributed by atoms with Gasteiger partial charge in [0.05, 0.1) is 6.61 Å². The first kappa shape index (κ1) is 28.4. The lowest BCUT2D eigenvalue weighted by molar-refractivity contribution is 0.0135. The van der Waals surface area contributed by atoms with Gasteiger partial charge in [-0.2, -0.15) is 0 Å². The van der Waals surface area contributed by atoms with E-state index in [-0.39, 0.29) is 5.91 Å². The molecule has 0 bridgehead atoms. The first-order chi connectivity index (χ1) is 18.8. The molecule has 2 aliphatic heterocycles. The zero-order chi connectivity index (χ0) is 27.5. The molecule has 1 aromatic heterocycles. The Balaban J connectivity index is 1.15. The predicted octanol–water partition coefficient (Wildman–Crippen LogP) is 7.49. The molecule has 2 atom stereocenters. The largest absolute Gasteiger partial charge is 0.492 e. The third-order valence-electron chi connectivity index (χ3n) is 8.19. The van der Waals surface area contributed by atoms with E-state index in [1.165, 1.54) is 16.9 Å². The van der Waals surface area contributed by atoms with Crippen LogP contribution in [0.25, 0.3) is 11.1 Å². The van der Waals surface area contributed by atoms with E-state index in [2.05, 4.69) is 47.9 Å². The van der Waals surface area contributed by atoms with Gasteiger partial charge in [0.15, 0.2) is 0 Å². The zero-order valence-corrected chi connectivity index (χ0v) is 25.2. The second kappa shape index (κ2) is 12.6. The molecule has 2 aromatic carbocycles. The van der Waals surface area contributed by atoms with E-state index in [0.29, 0.717) is 34.8 Å². The fraction of sp³-hybridized carbons (Fsp3) is 0.452. The topological polar surface area (TPSA) is 36.0 Å². The standard InChI is InChI=1S/C31H37Cl2N3O2S/c1-4-38-29-11-16-39-30(29)31(37)34-12-9-28(10-13-34)35-14-15-36(21(2)20-35)22(3)23-5-7-24(8-6-23)25-17-26(32)19-27(33)18-25/h5-8,11,16-19,21-22,28H,4,9-10,12-15,20H2,1-3H3/t21-,22+/m1/s1. The number of hydrogen-bond donors (Lipinski definition) is 0. The second-order valence-electron chi connectivity index (χ2n) is 10.6. The molecule has 0 spiro atoms. The molecule has 39 heavy (non-hydrogen) atoms. The number of amides is 1. The molecule has 2 aliphatic rings. The Morgan fingerprint density at radius 3 is 2.33 bits per heavy atom. The van der Waals surface area contributed by atoms with E-state index in [0.717, 1.165) is 67.3 Å². The molecule has 0 aliphatic carbocycles. The number of piperidine rings is 1. The highest BCUT2D eigenvalue weighted by atomic mass is 35.5. The van der Waals surface area contributed by atoms with Crippen molar-refractivity contribution in [2.75, 3.05) is 39.3 Å². The number of piperazine rings is 1. The molecule has 0 N–H and O–H groups in total. The minimum atomic E-state index is 0.114. The van der Waals surface area contributed by atoms with Crippen LogP contribution in [0.1, 0.15) is 54.9 Å². The molecule has 5 nitrogen and oxygen atoms in total. The number of thiophene rings is 1. The summed E-state index contributed by atoms with van der Waals surface area (Å²) in [7, 11) is 0. The number of halogens is 2. The smallest absolute Gasteiger partial charge is 0.267 e. The van der Waals surface area contributed by atoms with Crippen molar-refractivity contribution < 1.29 is 9.53 Å². The van der Waals surface area contributed by atoms with Crippen LogP contribution in [0, 0.1) is 0 Å². The van der Waals surface area contributed by atoms with Gasteiger partial charge in [0.2, 0.25) is 0 Å². The van der Waals surface area contributed by atoms with Crippen molar-refractivity contribution in [2.24, 2.45) is 0 Å². The number of carbonyl (C=O) groups excluding carboxylic acids is 1. The lowest BCUT2D eigenvalue weighted by Gasteiger charge is -2.47. The number of rotatable bonds is 7. The maximum atomic E-state index is 13.1. The predicted molar refractivity (Wildman–Crippen MR) is 162 cm³/mol. The van der Waals surface area contributed by atoms with Crippen molar-refractivity contribution in [2.45, 2.75) is 51.7 Å².